The molecular formula is C41H76N2O8. The molecule has 10 heteroatoms. The molecule has 0 saturated carbocycles. The summed E-state index contributed by atoms with van der Waals surface area (Å²) in [5.41, 5.74) is 0. The first-order valence-electron chi connectivity index (χ1n) is 20.8. The number of esters is 3. The van der Waals surface area contributed by atoms with E-state index in [9.17, 15) is 19.2 Å². The van der Waals surface area contributed by atoms with Crippen LogP contribution in [0.3, 0.4) is 0 Å². The van der Waals surface area contributed by atoms with Crippen LogP contribution in [0.4, 0.5) is 0 Å². The van der Waals surface area contributed by atoms with Gasteiger partial charge in [-0.05, 0) is 72.0 Å². The van der Waals surface area contributed by atoms with Crippen molar-refractivity contribution in [1.82, 2.24) is 9.80 Å². The van der Waals surface area contributed by atoms with E-state index in [1.807, 2.05) is 23.9 Å². The summed E-state index contributed by atoms with van der Waals surface area (Å²) >= 11 is 0. The number of carboxylic acid groups (broad SMARTS) is 1. The number of unbranched alkanes of at least 4 members (excludes halogenated alkanes) is 16. The Hall–Kier alpha value is -2.20. The zero-order valence-electron chi connectivity index (χ0n) is 33.1. The third kappa shape index (κ3) is 26.3. The molecule has 0 spiro atoms. The van der Waals surface area contributed by atoms with E-state index in [0.29, 0.717) is 51.9 Å². The smallest absolute Gasteiger partial charge is 0.323 e. The van der Waals surface area contributed by atoms with Crippen molar-refractivity contribution < 1.29 is 38.5 Å². The number of carboxylic acids is 1. The lowest BCUT2D eigenvalue weighted by Gasteiger charge is -2.22. The third-order valence-electron chi connectivity index (χ3n) is 9.86. The molecule has 1 N–H and O–H groups in total. The van der Waals surface area contributed by atoms with Gasteiger partial charge in [0.05, 0.1) is 13.0 Å². The molecule has 1 rings (SSSR count). The van der Waals surface area contributed by atoms with Crippen LogP contribution in [0, 0.1) is 0 Å². The van der Waals surface area contributed by atoms with Crippen LogP contribution in [0.1, 0.15) is 181 Å². The molecule has 10 nitrogen and oxygen atoms in total. The fourth-order valence-electron chi connectivity index (χ4n) is 6.75. The zero-order chi connectivity index (χ0) is 37.5. The van der Waals surface area contributed by atoms with E-state index < -0.39 is 12.0 Å². The molecule has 1 saturated heterocycles. The third-order valence-corrected chi connectivity index (χ3v) is 9.86. The molecule has 1 aliphatic heterocycles. The second kappa shape index (κ2) is 31.3. The van der Waals surface area contributed by atoms with E-state index in [1.54, 1.807) is 0 Å². The first-order valence-corrected chi connectivity index (χ1v) is 20.8. The highest BCUT2D eigenvalue weighted by Gasteiger charge is 2.39. The van der Waals surface area contributed by atoms with Crippen molar-refractivity contribution in [2.24, 2.45) is 0 Å². The second-order valence-corrected chi connectivity index (χ2v) is 15.0. The number of hydrogen-bond acceptors (Lipinski definition) is 9. The van der Waals surface area contributed by atoms with Crippen LogP contribution < -0.4 is 0 Å². The molecule has 0 aromatic carbocycles. The Morgan fingerprint density at radius 2 is 1.24 bits per heavy atom. The van der Waals surface area contributed by atoms with Crippen molar-refractivity contribution in [3.05, 3.63) is 0 Å². The predicted molar refractivity (Wildman–Crippen MR) is 204 cm³/mol. The quantitative estimate of drug-likeness (QED) is 0.0391. The van der Waals surface area contributed by atoms with Crippen molar-refractivity contribution in [3.8, 4) is 0 Å². The molecule has 298 valence electrons. The maximum Gasteiger partial charge on any atom is 0.323 e. The summed E-state index contributed by atoms with van der Waals surface area (Å²) in [6.45, 7) is 6.54. The molecule has 0 aliphatic carbocycles. The molecule has 1 aliphatic rings. The molecule has 2 atom stereocenters. The minimum Gasteiger partial charge on any atom is -0.481 e. The van der Waals surface area contributed by atoms with E-state index in [1.165, 1.54) is 64.2 Å². The first-order chi connectivity index (χ1) is 24.7. The molecule has 0 aromatic rings. The van der Waals surface area contributed by atoms with Gasteiger partial charge in [0.2, 0.25) is 0 Å². The molecular weight excluding hydrogens is 648 g/mol. The van der Waals surface area contributed by atoms with Gasteiger partial charge in [0.1, 0.15) is 18.2 Å². The lowest BCUT2D eigenvalue weighted by molar-refractivity contribution is -0.151. The summed E-state index contributed by atoms with van der Waals surface area (Å²) in [4.78, 5) is 52.9. The van der Waals surface area contributed by atoms with Gasteiger partial charge in [-0.3, -0.25) is 24.1 Å². The number of carbonyl (C=O) groups excluding carboxylic acids is 3. The van der Waals surface area contributed by atoms with Crippen molar-refractivity contribution >= 4 is 23.9 Å². The molecule has 51 heavy (non-hydrogen) atoms. The average Bonchev–Trinajstić information content (AvgIpc) is 3.49. The molecule has 1 fully saturated rings. The van der Waals surface area contributed by atoms with Crippen LogP contribution in [0.2, 0.25) is 0 Å². The Bertz CT molecular complexity index is 898. The van der Waals surface area contributed by atoms with Gasteiger partial charge >= 0.3 is 23.9 Å². The van der Waals surface area contributed by atoms with Crippen LogP contribution in [0.25, 0.3) is 0 Å². The van der Waals surface area contributed by atoms with Crippen LogP contribution in [-0.2, 0) is 33.4 Å². The molecule has 0 aromatic heterocycles. The summed E-state index contributed by atoms with van der Waals surface area (Å²) < 4.78 is 17.3. The van der Waals surface area contributed by atoms with Gasteiger partial charge in [0.25, 0.3) is 0 Å². The number of carbonyl (C=O) groups is 4. The van der Waals surface area contributed by atoms with E-state index in [4.69, 9.17) is 19.3 Å². The molecule has 0 amide bonds. The number of hydrogen-bond donors (Lipinski definition) is 1. The fraction of sp³-hybridized carbons (Fsp3) is 0.902. The lowest BCUT2D eigenvalue weighted by Crippen LogP contribution is -2.38. The highest BCUT2D eigenvalue weighted by atomic mass is 16.6. The number of nitrogens with zero attached hydrogens (tertiary/aromatic N) is 2. The molecule has 0 bridgehead atoms. The summed E-state index contributed by atoms with van der Waals surface area (Å²) in [6.07, 6.45) is 24.5. The van der Waals surface area contributed by atoms with Gasteiger partial charge in [-0.2, -0.15) is 0 Å². The van der Waals surface area contributed by atoms with E-state index >= 15 is 0 Å². The lowest BCUT2D eigenvalue weighted by atomic mass is 10.0. The van der Waals surface area contributed by atoms with Gasteiger partial charge in [-0.1, -0.05) is 104 Å². The molecule has 0 radical (unpaired) electrons. The normalized spacial score (nSPS) is 16.2. The van der Waals surface area contributed by atoms with E-state index in [2.05, 4.69) is 13.8 Å². The SMILES string of the molecule is CCCCCCCCC(CCCCCCCC)OC(=O)CCCCCCCOC(=O)[C@@H]1CC(OC(=O)CCN(C)C)CN1CCCCCC(=O)O. The number of ether oxygens (including phenoxy) is 3. The topological polar surface area (TPSA) is 123 Å². The zero-order valence-corrected chi connectivity index (χ0v) is 33.1. The maximum atomic E-state index is 13.1. The Labute approximate surface area is 311 Å². The number of likely N-dealkylation sites (tertiary alicyclic amines) is 1. The summed E-state index contributed by atoms with van der Waals surface area (Å²) in [7, 11) is 3.81. The van der Waals surface area contributed by atoms with Crippen LogP contribution in [0.15, 0.2) is 0 Å². The minimum absolute atomic E-state index is 0.0580. The van der Waals surface area contributed by atoms with Gasteiger partial charge in [-0.25, -0.2) is 0 Å². The Morgan fingerprint density at radius 1 is 0.686 bits per heavy atom. The van der Waals surface area contributed by atoms with Crippen LogP contribution in [0.5, 0.6) is 0 Å². The average molecular weight is 725 g/mol. The van der Waals surface area contributed by atoms with Crippen LogP contribution >= 0.6 is 0 Å². The number of rotatable bonds is 34. The maximum absolute atomic E-state index is 13.1. The van der Waals surface area contributed by atoms with Crippen LogP contribution in [-0.4, -0.2) is 97.4 Å². The van der Waals surface area contributed by atoms with Gasteiger partial charge < -0.3 is 24.2 Å². The van der Waals surface area contributed by atoms with Gasteiger partial charge in [0, 0.05) is 32.4 Å². The largest absolute Gasteiger partial charge is 0.481 e. The van der Waals surface area contributed by atoms with Crippen molar-refractivity contribution in [2.45, 2.75) is 199 Å². The summed E-state index contributed by atoms with van der Waals surface area (Å²) in [5.74, 6) is -1.41. The van der Waals surface area contributed by atoms with Gasteiger partial charge in [0.15, 0.2) is 0 Å². The monoisotopic (exact) mass is 725 g/mol. The Balaban J connectivity index is 2.37. The Kier molecular flexibility index (Phi) is 28.8. The minimum atomic E-state index is -0.800. The Morgan fingerprint density at radius 3 is 1.84 bits per heavy atom. The first kappa shape index (κ1) is 46.8. The standard InChI is InChI=1S/C41H76N2O8/c1-5-7-9-11-14-19-25-35(26-20-15-12-10-8-6-2)50-39(46)28-22-16-13-17-24-32-49-41(48)37-33-36(51-40(47)29-31-42(3)4)34-43(37)30-23-18-21-27-38(44)45/h35-37H,5-34H2,1-4H3,(H,44,45)/t36?,37-/m0/s1. The second-order valence-electron chi connectivity index (χ2n) is 15.0. The van der Waals surface area contributed by atoms with Crippen molar-refractivity contribution in [2.75, 3.05) is 40.3 Å². The predicted octanol–water partition coefficient (Wildman–Crippen LogP) is 8.87. The van der Waals surface area contributed by atoms with Crippen molar-refractivity contribution in [3.63, 3.8) is 0 Å². The fourth-order valence-corrected chi connectivity index (χ4v) is 6.75. The highest BCUT2D eigenvalue weighted by Crippen LogP contribution is 2.24. The summed E-state index contributed by atoms with van der Waals surface area (Å²) in [6, 6.07) is -0.465. The number of aliphatic carboxylic acids is 1. The molecule has 1 unspecified atom stereocenters. The van der Waals surface area contributed by atoms with E-state index in [-0.39, 0.29) is 36.5 Å². The van der Waals surface area contributed by atoms with Crippen molar-refractivity contribution in [1.29, 1.82) is 0 Å². The van der Waals surface area contributed by atoms with Gasteiger partial charge in [-0.15, -0.1) is 0 Å². The molecule has 1 heterocycles. The summed E-state index contributed by atoms with van der Waals surface area (Å²) in [5, 5.41) is 8.90. The van der Waals surface area contributed by atoms with E-state index in [0.717, 1.165) is 70.6 Å². The highest BCUT2D eigenvalue weighted by molar-refractivity contribution is 5.76.